The molecule has 2 N–H and O–H groups in total. The van der Waals surface area contributed by atoms with Gasteiger partial charge in [-0.3, -0.25) is 19.7 Å². The van der Waals surface area contributed by atoms with E-state index in [0.717, 1.165) is 10.2 Å². The summed E-state index contributed by atoms with van der Waals surface area (Å²) in [5.74, 6) is -1.13. The van der Waals surface area contributed by atoms with Gasteiger partial charge in [-0.05, 0) is 24.6 Å². The molecule has 29 heavy (non-hydrogen) atoms. The molecular weight excluding hydrogens is 380 g/mol. The fourth-order valence-electron chi connectivity index (χ4n) is 2.59. The molecule has 0 unspecified atom stereocenters. The number of anilines is 1. The summed E-state index contributed by atoms with van der Waals surface area (Å²) in [5, 5.41) is 26.5. The third-order valence-corrected chi connectivity index (χ3v) is 3.92. The first-order valence-corrected chi connectivity index (χ1v) is 8.41. The lowest BCUT2D eigenvalue weighted by molar-refractivity contribution is -0.384. The predicted molar refractivity (Wildman–Crippen MR) is 102 cm³/mol. The second kappa shape index (κ2) is 8.21. The number of aliphatic carboxylic acids is 1. The van der Waals surface area contributed by atoms with Crippen molar-refractivity contribution in [3.63, 3.8) is 0 Å². The summed E-state index contributed by atoms with van der Waals surface area (Å²) in [6, 6.07) is 12.4. The zero-order chi connectivity index (χ0) is 21.0. The van der Waals surface area contributed by atoms with Crippen LogP contribution in [-0.2, 0) is 11.3 Å². The molecule has 0 radical (unpaired) electrons. The average Bonchev–Trinajstić information content (AvgIpc) is 3.11. The molecule has 148 valence electrons. The van der Waals surface area contributed by atoms with Crippen molar-refractivity contribution in [2.75, 3.05) is 5.32 Å². The number of carbonyl (C=O) groups is 2. The summed E-state index contributed by atoms with van der Waals surface area (Å²) in [5.41, 5.74) is 0.684. The van der Waals surface area contributed by atoms with E-state index in [2.05, 4.69) is 10.4 Å². The van der Waals surface area contributed by atoms with E-state index in [-0.39, 0.29) is 22.8 Å². The van der Waals surface area contributed by atoms with Crippen molar-refractivity contribution in [3.05, 3.63) is 76.1 Å². The number of rotatable bonds is 7. The van der Waals surface area contributed by atoms with Gasteiger partial charge >= 0.3 is 5.97 Å². The van der Waals surface area contributed by atoms with Crippen molar-refractivity contribution >= 4 is 23.3 Å². The second-order valence-corrected chi connectivity index (χ2v) is 6.06. The molecule has 0 spiro atoms. The Morgan fingerprint density at radius 3 is 2.69 bits per heavy atom. The van der Waals surface area contributed by atoms with Crippen molar-refractivity contribution in [2.45, 2.75) is 13.5 Å². The smallest absolute Gasteiger partial charge is 0.325 e. The lowest BCUT2D eigenvalue weighted by Crippen LogP contribution is -2.20. The molecule has 0 bridgehead atoms. The Hall–Kier alpha value is -4.21. The minimum absolute atomic E-state index is 0.000258. The molecular formula is C19H16N4O6. The number of hydrogen-bond donors (Lipinski definition) is 2. The minimum Gasteiger partial charge on any atom is -0.480 e. The Balaban J connectivity index is 1.89. The van der Waals surface area contributed by atoms with Crippen LogP contribution in [0.5, 0.6) is 11.5 Å². The van der Waals surface area contributed by atoms with Gasteiger partial charge < -0.3 is 15.2 Å². The first-order valence-electron chi connectivity index (χ1n) is 8.41. The van der Waals surface area contributed by atoms with Gasteiger partial charge in [0.25, 0.3) is 11.6 Å². The number of non-ortho nitro benzene ring substituents is 1. The first kappa shape index (κ1) is 19.5. The molecule has 0 fully saturated rings. The number of hydrogen-bond acceptors (Lipinski definition) is 6. The molecule has 0 atom stereocenters. The van der Waals surface area contributed by atoms with E-state index >= 15 is 0 Å². The van der Waals surface area contributed by atoms with Crippen LogP contribution in [-0.4, -0.2) is 31.7 Å². The second-order valence-electron chi connectivity index (χ2n) is 6.06. The van der Waals surface area contributed by atoms with Gasteiger partial charge in [-0.25, -0.2) is 4.68 Å². The molecule has 0 aliphatic rings. The fraction of sp³-hybridized carbons (Fsp3) is 0.105. The van der Waals surface area contributed by atoms with Crippen molar-refractivity contribution in [3.8, 4) is 11.5 Å². The number of para-hydroxylation sites is 1. The molecule has 0 aliphatic carbocycles. The molecule has 0 aliphatic heterocycles. The highest BCUT2D eigenvalue weighted by molar-refractivity contribution is 6.03. The lowest BCUT2D eigenvalue weighted by atomic mass is 10.2. The number of nitro benzene ring substituents is 1. The van der Waals surface area contributed by atoms with Gasteiger partial charge in [0, 0.05) is 18.3 Å². The predicted octanol–water partition coefficient (Wildman–Crippen LogP) is 3.23. The number of carboxylic acid groups (broad SMARTS) is 1. The molecule has 10 nitrogen and oxygen atoms in total. The van der Waals surface area contributed by atoms with E-state index in [1.54, 1.807) is 12.1 Å². The zero-order valence-corrected chi connectivity index (χ0v) is 15.2. The maximum Gasteiger partial charge on any atom is 0.325 e. The Morgan fingerprint density at radius 1 is 1.24 bits per heavy atom. The number of carbonyl (C=O) groups excluding carboxylic acids is 1. The third kappa shape index (κ3) is 4.75. The van der Waals surface area contributed by atoms with Gasteiger partial charge in [-0.2, -0.15) is 5.10 Å². The molecule has 3 aromatic rings. The number of carboxylic acids is 1. The Bertz CT molecular complexity index is 1090. The fourth-order valence-corrected chi connectivity index (χ4v) is 2.59. The molecule has 1 amide bonds. The van der Waals surface area contributed by atoms with Crippen LogP contribution < -0.4 is 10.1 Å². The molecule has 2 aromatic carbocycles. The number of nitrogens with zero attached hydrogens (tertiary/aromatic N) is 3. The number of ether oxygens (including phenoxy) is 1. The van der Waals surface area contributed by atoms with Crippen LogP contribution in [0.15, 0.2) is 54.7 Å². The largest absolute Gasteiger partial charge is 0.480 e. The number of nitrogens with one attached hydrogen (secondary N) is 1. The molecule has 1 aromatic heterocycles. The van der Waals surface area contributed by atoms with Crippen LogP contribution in [0.1, 0.15) is 16.1 Å². The first-order chi connectivity index (χ1) is 13.8. The van der Waals surface area contributed by atoms with Gasteiger partial charge in [0.05, 0.1) is 16.7 Å². The summed E-state index contributed by atoms with van der Waals surface area (Å²) in [6.07, 6.45) is 1.29. The monoisotopic (exact) mass is 396 g/mol. The minimum atomic E-state index is -1.16. The summed E-state index contributed by atoms with van der Waals surface area (Å²) in [7, 11) is 0. The van der Waals surface area contributed by atoms with Crippen LogP contribution in [0.25, 0.3) is 0 Å². The summed E-state index contributed by atoms with van der Waals surface area (Å²) < 4.78 is 6.75. The summed E-state index contributed by atoms with van der Waals surface area (Å²) in [6.45, 7) is 1.34. The van der Waals surface area contributed by atoms with Gasteiger partial charge in [0.15, 0.2) is 0 Å². The molecule has 0 saturated carbocycles. The number of aromatic nitrogens is 2. The Labute approximate surface area is 164 Å². The number of aryl methyl sites for hydroxylation is 1. The number of amides is 1. The SMILES string of the molecule is Cc1ccccc1Oc1cc(NC(=O)c2ccnn2CC(=O)O)cc([N+](=O)[O-])c1. The zero-order valence-electron chi connectivity index (χ0n) is 15.2. The topological polar surface area (TPSA) is 137 Å². The number of benzene rings is 2. The summed E-state index contributed by atoms with van der Waals surface area (Å²) in [4.78, 5) is 34.1. The number of nitro groups is 1. The van der Waals surface area contributed by atoms with Crippen LogP contribution in [0.3, 0.4) is 0 Å². The Kier molecular flexibility index (Phi) is 5.54. The highest BCUT2D eigenvalue weighted by Gasteiger charge is 2.17. The van der Waals surface area contributed by atoms with Crippen molar-refractivity contribution in [2.24, 2.45) is 0 Å². The van der Waals surface area contributed by atoms with Gasteiger partial charge in [-0.15, -0.1) is 0 Å². The van der Waals surface area contributed by atoms with Crippen LogP contribution in [0, 0.1) is 17.0 Å². The van der Waals surface area contributed by atoms with Crippen LogP contribution in [0.2, 0.25) is 0 Å². The molecule has 0 saturated heterocycles. The van der Waals surface area contributed by atoms with Gasteiger partial charge in [0.2, 0.25) is 0 Å². The van der Waals surface area contributed by atoms with E-state index in [0.29, 0.717) is 5.75 Å². The quantitative estimate of drug-likeness (QED) is 0.462. The van der Waals surface area contributed by atoms with E-state index < -0.39 is 23.3 Å². The lowest BCUT2D eigenvalue weighted by Gasteiger charge is -2.11. The van der Waals surface area contributed by atoms with Crippen LogP contribution >= 0.6 is 0 Å². The Morgan fingerprint density at radius 2 is 2.00 bits per heavy atom. The third-order valence-electron chi connectivity index (χ3n) is 3.92. The van der Waals surface area contributed by atoms with Crippen LogP contribution in [0.4, 0.5) is 11.4 Å². The molecule has 3 rings (SSSR count). The van der Waals surface area contributed by atoms with E-state index in [1.165, 1.54) is 30.5 Å². The molecule has 10 heteroatoms. The highest BCUT2D eigenvalue weighted by Crippen LogP contribution is 2.31. The highest BCUT2D eigenvalue weighted by atomic mass is 16.6. The van der Waals surface area contributed by atoms with E-state index in [4.69, 9.17) is 9.84 Å². The van der Waals surface area contributed by atoms with Gasteiger partial charge in [0.1, 0.15) is 23.7 Å². The molecule has 1 heterocycles. The van der Waals surface area contributed by atoms with Crippen molar-refractivity contribution < 1.29 is 24.4 Å². The van der Waals surface area contributed by atoms with Crippen molar-refractivity contribution in [1.82, 2.24) is 9.78 Å². The average molecular weight is 396 g/mol. The van der Waals surface area contributed by atoms with Gasteiger partial charge in [-0.1, -0.05) is 18.2 Å². The standard InChI is InChI=1S/C19H16N4O6/c1-12-4-2-3-5-17(12)29-15-9-13(8-14(10-15)23(27)28)21-19(26)16-6-7-20-22(16)11-18(24)25/h2-10H,11H2,1H3,(H,21,26)(H,24,25). The van der Waals surface area contributed by atoms with E-state index in [9.17, 15) is 19.7 Å². The summed E-state index contributed by atoms with van der Waals surface area (Å²) >= 11 is 0. The maximum absolute atomic E-state index is 12.5. The van der Waals surface area contributed by atoms with E-state index in [1.807, 2.05) is 19.1 Å². The normalized spacial score (nSPS) is 10.4. The maximum atomic E-state index is 12.5. The van der Waals surface area contributed by atoms with Crippen molar-refractivity contribution in [1.29, 1.82) is 0 Å².